The number of hydrogen-bond acceptors (Lipinski definition) is 5. The van der Waals surface area contributed by atoms with Crippen LogP contribution in [0.5, 0.6) is 0 Å². The monoisotopic (exact) mass is 344 g/mol. The Hall–Kier alpha value is -1.10. The van der Waals surface area contributed by atoms with Crippen molar-refractivity contribution in [3.8, 4) is 0 Å². The molecular weight excluding hydrogens is 308 g/mol. The number of unbranched alkanes of at least 4 members (excludes halogenated alkanes) is 6. The van der Waals surface area contributed by atoms with Crippen LogP contribution in [0.1, 0.15) is 79.1 Å². The van der Waals surface area contributed by atoms with Gasteiger partial charge < -0.3 is 14.2 Å². The number of carbonyl (C=O) groups excluding carboxylic acids is 2. The highest BCUT2D eigenvalue weighted by molar-refractivity contribution is 5.73. The van der Waals surface area contributed by atoms with Crippen LogP contribution in [0.4, 0.5) is 0 Å². The Morgan fingerprint density at radius 2 is 1.42 bits per heavy atom. The van der Waals surface area contributed by atoms with Crippen LogP contribution in [0.15, 0.2) is 0 Å². The minimum Gasteiger partial charge on any atom is -0.464 e. The first-order chi connectivity index (χ1) is 11.5. The first-order valence-electron chi connectivity index (χ1n) is 9.44. The summed E-state index contributed by atoms with van der Waals surface area (Å²) in [6, 6.07) is 0. The molecular formula is C19H36O5. The van der Waals surface area contributed by atoms with Gasteiger partial charge in [-0.2, -0.15) is 0 Å². The van der Waals surface area contributed by atoms with Crippen LogP contribution < -0.4 is 0 Å². The van der Waals surface area contributed by atoms with E-state index in [4.69, 9.17) is 14.2 Å². The zero-order valence-corrected chi connectivity index (χ0v) is 16.0. The van der Waals surface area contributed by atoms with Gasteiger partial charge in [0.25, 0.3) is 0 Å². The second-order valence-corrected chi connectivity index (χ2v) is 6.42. The fourth-order valence-electron chi connectivity index (χ4n) is 2.19. The second kappa shape index (κ2) is 15.4. The number of esters is 2. The van der Waals surface area contributed by atoms with Gasteiger partial charge in [-0.15, -0.1) is 0 Å². The summed E-state index contributed by atoms with van der Waals surface area (Å²) < 4.78 is 15.3. The predicted octanol–water partition coefficient (Wildman–Crippen LogP) is 4.27. The van der Waals surface area contributed by atoms with Crippen LogP contribution in [-0.2, 0) is 23.8 Å². The summed E-state index contributed by atoms with van der Waals surface area (Å²) in [7, 11) is 0. The highest BCUT2D eigenvalue weighted by Gasteiger charge is 2.15. The molecule has 0 saturated carbocycles. The van der Waals surface area contributed by atoms with Crippen molar-refractivity contribution in [1.29, 1.82) is 0 Å². The van der Waals surface area contributed by atoms with Crippen molar-refractivity contribution in [3.05, 3.63) is 0 Å². The lowest BCUT2D eigenvalue weighted by molar-refractivity contribution is -0.159. The Morgan fingerprint density at radius 3 is 2.04 bits per heavy atom. The van der Waals surface area contributed by atoms with Crippen LogP contribution in [0, 0.1) is 5.92 Å². The highest BCUT2D eigenvalue weighted by atomic mass is 16.6. The lowest BCUT2D eigenvalue weighted by Gasteiger charge is -2.18. The Kier molecular flexibility index (Phi) is 14.7. The summed E-state index contributed by atoms with van der Waals surface area (Å²) in [5.41, 5.74) is 0. The van der Waals surface area contributed by atoms with Gasteiger partial charge in [0.1, 0.15) is 19.3 Å². The molecule has 2 unspecified atom stereocenters. The lowest BCUT2D eigenvalue weighted by Crippen LogP contribution is -2.25. The summed E-state index contributed by atoms with van der Waals surface area (Å²) in [6.07, 6.45) is 9.04. The molecule has 0 radical (unpaired) electrons. The van der Waals surface area contributed by atoms with Crippen molar-refractivity contribution in [2.45, 2.75) is 85.2 Å². The van der Waals surface area contributed by atoms with Gasteiger partial charge in [0.2, 0.25) is 0 Å². The fraction of sp³-hybridized carbons (Fsp3) is 0.895. The van der Waals surface area contributed by atoms with Crippen LogP contribution in [0.2, 0.25) is 0 Å². The molecule has 0 aromatic rings. The van der Waals surface area contributed by atoms with E-state index in [0.29, 0.717) is 12.5 Å². The minimum atomic E-state index is -0.442. The molecule has 2 atom stereocenters. The minimum absolute atomic E-state index is 0.143. The van der Waals surface area contributed by atoms with Gasteiger partial charge >= 0.3 is 11.9 Å². The van der Waals surface area contributed by atoms with Crippen molar-refractivity contribution in [1.82, 2.24) is 0 Å². The van der Waals surface area contributed by atoms with Gasteiger partial charge in [-0.1, -0.05) is 65.7 Å². The fourth-order valence-corrected chi connectivity index (χ4v) is 2.19. The van der Waals surface area contributed by atoms with Crippen LogP contribution in [0.3, 0.4) is 0 Å². The maximum Gasteiger partial charge on any atom is 0.332 e. The molecule has 0 aromatic heterocycles. The van der Waals surface area contributed by atoms with E-state index in [1.165, 1.54) is 32.1 Å². The lowest BCUT2D eigenvalue weighted by atomic mass is 10.0. The third-order valence-corrected chi connectivity index (χ3v) is 4.21. The Labute approximate surface area is 147 Å². The van der Waals surface area contributed by atoms with Crippen LogP contribution in [-0.4, -0.2) is 37.9 Å². The van der Waals surface area contributed by atoms with Crippen LogP contribution >= 0.6 is 0 Å². The van der Waals surface area contributed by atoms with E-state index in [0.717, 1.165) is 19.3 Å². The number of ether oxygens (including phenoxy) is 3. The van der Waals surface area contributed by atoms with E-state index < -0.39 is 11.9 Å². The Morgan fingerprint density at radius 1 is 0.833 bits per heavy atom. The SMILES string of the molecule is CCCCCCCCCOC(=O)COCC(=O)OC(C)C(C)CC. The summed E-state index contributed by atoms with van der Waals surface area (Å²) >= 11 is 0. The molecule has 0 heterocycles. The highest BCUT2D eigenvalue weighted by Crippen LogP contribution is 2.10. The first kappa shape index (κ1) is 22.9. The van der Waals surface area contributed by atoms with E-state index in [1.807, 2.05) is 20.8 Å². The van der Waals surface area contributed by atoms with Crippen molar-refractivity contribution >= 4 is 11.9 Å². The maximum absolute atomic E-state index is 11.6. The molecule has 0 aliphatic rings. The van der Waals surface area contributed by atoms with E-state index in [2.05, 4.69) is 6.92 Å². The molecule has 0 spiro atoms. The molecule has 0 aliphatic heterocycles. The molecule has 0 aromatic carbocycles. The normalized spacial score (nSPS) is 13.3. The van der Waals surface area contributed by atoms with E-state index in [1.54, 1.807) is 0 Å². The summed E-state index contributed by atoms with van der Waals surface area (Å²) in [4.78, 5) is 23.0. The topological polar surface area (TPSA) is 61.8 Å². The van der Waals surface area contributed by atoms with Gasteiger partial charge in [0, 0.05) is 0 Å². The molecule has 142 valence electrons. The van der Waals surface area contributed by atoms with Crippen molar-refractivity contribution < 1.29 is 23.8 Å². The molecule has 5 heteroatoms. The third kappa shape index (κ3) is 13.3. The van der Waals surface area contributed by atoms with Crippen molar-refractivity contribution in [2.75, 3.05) is 19.8 Å². The molecule has 0 saturated heterocycles. The van der Waals surface area contributed by atoms with Gasteiger partial charge in [-0.25, -0.2) is 9.59 Å². The summed E-state index contributed by atoms with van der Waals surface area (Å²) in [5.74, 6) is -0.563. The number of hydrogen-bond donors (Lipinski definition) is 0. The molecule has 0 amide bonds. The predicted molar refractivity (Wildman–Crippen MR) is 94.8 cm³/mol. The number of carbonyl (C=O) groups is 2. The van der Waals surface area contributed by atoms with E-state index in [-0.39, 0.29) is 19.3 Å². The molecule has 24 heavy (non-hydrogen) atoms. The Balaban J connectivity index is 3.51. The Bertz CT molecular complexity index is 330. The first-order valence-corrected chi connectivity index (χ1v) is 9.44. The van der Waals surface area contributed by atoms with E-state index >= 15 is 0 Å². The smallest absolute Gasteiger partial charge is 0.332 e. The molecule has 0 rings (SSSR count). The largest absolute Gasteiger partial charge is 0.464 e. The molecule has 0 bridgehead atoms. The van der Waals surface area contributed by atoms with Crippen molar-refractivity contribution in [2.24, 2.45) is 5.92 Å². The molecule has 0 N–H and O–H groups in total. The summed E-state index contributed by atoms with van der Waals surface area (Å²) in [5, 5.41) is 0. The maximum atomic E-state index is 11.6. The molecule has 0 fully saturated rings. The average molecular weight is 344 g/mol. The standard InChI is InChI=1S/C19H36O5/c1-5-7-8-9-10-11-12-13-23-18(20)14-22-15-19(21)24-17(4)16(3)6-2/h16-17H,5-15H2,1-4H3. The average Bonchev–Trinajstić information content (AvgIpc) is 2.56. The van der Waals surface area contributed by atoms with Crippen LogP contribution in [0.25, 0.3) is 0 Å². The van der Waals surface area contributed by atoms with Crippen molar-refractivity contribution in [3.63, 3.8) is 0 Å². The zero-order chi connectivity index (χ0) is 18.2. The quantitative estimate of drug-likeness (QED) is 0.328. The third-order valence-electron chi connectivity index (χ3n) is 4.21. The van der Waals surface area contributed by atoms with E-state index in [9.17, 15) is 9.59 Å². The summed E-state index contributed by atoms with van der Waals surface area (Å²) in [6.45, 7) is 8.14. The van der Waals surface area contributed by atoms with Gasteiger partial charge in [-0.3, -0.25) is 0 Å². The zero-order valence-electron chi connectivity index (χ0n) is 16.0. The molecule has 0 aliphatic carbocycles. The molecule has 5 nitrogen and oxygen atoms in total. The van der Waals surface area contributed by atoms with Gasteiger partial charge in [0.15, 0.2) is 0 Å². The second-order valence-electron chi connectivity index (χ2n) is 6.42. The number of rotatable bonds is 15. The van der Waals surface area contributed by atoms with Gasteiger partial charge in [0.05, 0.1) is 6.61 Å². The van der Waals surface area contributed by atoms with Gasteiger partial charge in [-0.05, 0) is 19.3 Å².